The zero-order chi connectivity index (χ0) is 19.0. The third-order valence-corrected chi connectivity index (χ3v) is 4.93. The molecule has 0 aromatic heterocycles. The van der Waals surface area contributed by atoms with Gasteiger partial charge in [0.15, 0.2) is 0 Å². The van der Waals surface area contributed by atoms with Gasteiger partial charge in [0, 0.05) is 24.0 Å². The Bertz CT molecular complexity index is 669. The van der Waals surface area contributed by atoms with Crippen LogP contribution in [-0.2, 0) is 15.7 Å². The molecule has 5 nitrogen and oxygen atoms in total. The van der Waals surface area contributed by atoms with Crippen LogP contribution in [0.15, 0.2) is 24.3 Å². The Hall–Kier alpha value is -2.09. The van der Waals surface area contributed by atoms with Gasteiger partial charge in [0.25, 0.3) is 5.91 Å². The highest BCUT2D eigenvalue weighted by Gasteiger charge is 2.66. The van der Waals surface area contributed by atoms with Gasteiger partial charge >= 0.3 is 12.1 Å². The van der Waals surface area contributed by atoms with Gasteiger partial charge in [-0.2, -0.15) is 13.2 Å². The van der Waals surface area contributed by atoms with Gasteiger partial charge in [-0.3, -0.25) is 4.79 Å². The van der Waals surface area contributed by atoms with Gasteiger partial charge < -0.3 is 15.2 Å². The number of rotatable bonds is 5. The molecule has 0 saturated heterocycles. The van der Waals surface area contributed by atoms with E-state index in [4.69, 9.17) is 4.74 Å². The highest BCUT2D eigenvalue weighted by atomic mass is 19.4. The Morgan fingerprint density at radius 1 is 1.28 bits per heavy atom. The lowest BCUT2D eigenvalue weighted by molar-refractivity contribution is -0.190. The number of carboxylic acid groups (broad SMARTS) is 1. The summed E-state index contributed by atoms with van der Waals surface area (Å²) in [6.45, 7) is 5.56. The summed E-state index contributed by atoms with van der Waals surface area (Å²) < 4.78 is 43.3. The fourth-order valence-corrected chi connectivity index (χ4v) is 3.11. The lowest BCUT2D eigenvalue weighted by Crippen LogP contribution is -2.76. The standard InChI is InChI=1S/C17H20F3NO4/c1-4-25-12-9-16(14(23)24,15(12,2)3)21-13(22)10-5-7-11(8-6-10)17(18,19)20/h5-8,12H,4,9H2,1-3H3,(H,21,22)(H,23,24). The van der Waals surface area contributed by atoms with Crippen molar-refractivity contribution in [2.24, 2.45) is 5.41 Å². The van der Waals surface area contributed by atoms with Crippen molar-refractivity contribution in [2.45, 2.75) is 45.0 Å². The van der Waals surface area contributed by atoms with E-state index >= 15 is 0 Å². The van der Waals surface area contributed by atoms with Crippen LogP contribution < -0.4 is 5.32 Å². The highest BCUT2D eigenvalue weighted by Crippen LogP contribution is 2.51. The first-order valence-corrected chi connectivity index (χ1v) is 7.80. The van der Waals surface area contributed by atoms with Crippen molar-refractivity contribution in [3.8, 4) is 0 Å². The van der Waals surface area contributed by atoms with Gasteiger partial charge in [-0.15, -0.1) is 0 Å². The number of benzene rings is 1. The molecule has 1 aromatic rings. The molecule has 1 fully saturated rings. The van der Waals surface area contributed by atoms with Crippen molar-refractivity contribution in [3.05, 3.63) is 35.4 Å². The molecule has 2 unspecified atom stereocenters. The van der Waals surface area contributed by atoms with E-state index in [9.17, 15) is 27.9 Å². The van der Waals surface area contributed by atoms with E-state index in [1.54, 1.807) is 20.8 Å². The van der Waals surface area contributed by atoms with Crippen molar-refractivity contribution in [1.29, 1.82) is 0 Å². The molecule has 2 atom stereocenters. The molecular weight excluding hydrogens is 339 g/mol. The Labute approximate surface area is 143 Å². The second kappa shape index (κ2) is 6.33. The predicted octanol–water partition coefficient (Wildman–Crippen LogP) is 3.09. The monoisotopic (exact) mass is 359 g/mol. The van der Waals surface area contributed by atoms with E-state index in [0.717, 1.165) is 24.3 Å². The molecule has 2 N–H and O–H groups in total. The SMILES string of the molecule is CCOC1CC(NC(=O)c2ccc(C(F)(F)F)cc2)(C(=O)O)C1(C)C. The van der Waals surface area contributed by atoms with Crippen molar-refractivity contribution >= 4 is 11.9 Å². The lowest BCUT2D eigenvalue weighted by Gasteiger charge is -2.58. The van der Waals surface area contributed by atoms with Gasteiger partial charge in [0.1, 0.15) is 5.54 Å². The number of hydrogen-bond donors (Lipinski definition) is 2. The van der Waals surface area contributed by atoms with Crippen LogP contribution >= 0.6 is 0 Å². The minimum Gasteiger partial charge on any atom is -0.479 e. The van der Waals surface area contributed by atoms with Crippen molar-refractivity contribution in [2.75, 3.05) is 6.61 Å². The number of halogens is 3. The topological polar surface area (TPSA) is 75.6 Å². The Balaban J connectivity index is 2.21. The predicted molar refractivity (Wildman–Crippen MR) is 83.1 cm³/mol. The Morgan fingerprint density at radius 2 is 1.84 bits per heavy atom. The quantitative estimate of drug-likeness (QED) is 0.847. The second-order valence-electron chi connectivity index (χ2n) is 6.61. The summed E-state index contributed by atoms with van der Waals surface area (Å²) in [6.07, 6.45) is -4.74. The Morgan fingerprint density at radius 3 is 2.24 bits per heavy atom. The number of amides is 1. The van der Waals surface area contributed by atoms with Crippen LogP contribution in [0.2, 0.25) is 0 Å². The summed E-state index contributed by atoms with van der Waals surface area (Å²) in [5.74, 6) is -1.94. The molecule has 0 spiro atoms. The third-order valence-electron chi connectivity index (χ3n) is 4.93. The van der Waals surface area contributed by atoms with Crippen LogP contribution in [0.4, 0.5) is 13.2 Å². The number of carboxylic acids is 1. The Kier molecular flexibility index (Phi) is 4.87. The first kappa shape index (κ1) is 19.2. The van der Waals surface area contributed by atoms with Crippen LogP contribution in [0, 0.1) is 5.41 Å². The average molecular weight is 359 g/mol. The van der Waals surface area contributed by atoms with Gasteiger partial charge in [0.05, 0.1) is 11.7 Å². The zero-order valence-electron chi connectivity index (χ0n) is 14.1. The van der Waals surface area contributed by atoms with Crippen LogP contribution in [0.1, 0.15) is 43.1 Å². The molecule has 1 aromatic carbocycles. The van der Waals surface area contributed by atoms with E-state index in [1.165, 1.54) is 0 Å². The van der Waals surface area contributed by atoms with Gasteiger partial charge in [-0.05, 0) is 31.2 Å². The van der Waals surface area contributed by atoms with Crippen molar-refractivity contribution < 1.29 is 32.6 Å². The molecule has 1 saturated carbocycles. The van der Waals surface area contributed by atoms with Crippen molar-refractivity contribution in [3.63, 3.8) is 0 Å². The maximum Gasteiger partial charge on any atom is 0.416 e. The van der Waals surface area contributed by atoms with Crippen LogP contribution in [0.5, 0.6) is 0 Å². The molecule has 0 bridgehead atoms. The summed E-state index contributed by atoms with van der Waals surface area (Å²) in [4.78, 5) is 24.2. The number of carbonyl (C=O) groups is 2. The number of alkyl halides is 3. The number of ether oxygens (including phenoxy) is 1. The van der Waals surface area contributed by atoms with Crippen molar-refractivity contribution in [1.82, 2.24) is 5.32 Å². The first-order chi connectivity index (χ1) is 11.5. The normalized spacial score (nSPS) is 25.1. The smallest absolute Gasteiger partial charge is 0.416 e. The average Bonchev–Trinajstić information content (AvgIpc) is 2.52. The zero-order valence-corrected chi connectivity index (χ0v) is 14.1. The second-order valence-corrected chi connectivity index (χ2v) is 6.61. The van der Waals surface area contributed by atoms with E-state index < -0.39 is 34.6 Å². The summed E-state index contributed by atoms with van der Waals surface area (Å²) in [5, 5.41) is 12.1. The van der Waals surface area contributed by atoms with Crippen LogP contribution in [-0.4, -0.2) is 35.2 Å². The number of carbonyl (C=O) groups excluding carboxylic acids is 1. The molecule has 0 heterocycles. The summed E-state index contributed by atoms with van der Waals surface area (Å²) >= 11 is 0. The fraction of sp³-hybridized carbons (Fsp3) is 0.529. The largest absolute Gasteiger partial charge is 0.479 e. The minimum absolute atomic E-state index is 0.0377. The van der Waals surface area contributed by atoms with E-state index in [0.29, 0.717) is 6.61 Å². The highest BCUT2D eigenvalue weighted by molar-refractivity contribution is 5.98. The number of nitrogens with one attached hydrogen (secondary N) is 1. The maximum absolute atomic E-state index is 12.6. The molecule has 138 valence electrons. The number of hydrogen-bond acceptors (Lipinski definition) is 3. The van der Waals surface area contributed by atoms with Gasteiger partial charge in [0.2, 0.25) is 0 Å². The molecule has 1 amide bonds. The minimum atomic E-state index is -4.50. The fourth-order valence-electron chi connectivity index (χ4n) is 3.11. The summed E-state index contributed by atoms with van der Waals surface area (Å²) in [5.41, 5.74) is -3.31. The molecule has 1 aliphatic carbocycles. The molecule has 8 heteroatoms. The summed E-state index contributed by atoms with van der Waals surface area (Å²) in [7, 11) is 0. The third kappa shape index (κ3) is 3.22. The van der Waals surface area contributed by atoms with E-state index in [-0.39, 0.29) is 18.1 Å². The van der Waals surface area contributed by atoms with E-state index in [1.807, 2.05) is 0 Å². The molecule has 0 radical (unpaired) electrons. The first-order valence-electron chi connectivity index (χ1n) is 7.80. The maximum atomic E-state index is 12.6. The molecule has 1 aliphatic rings. The van der Waals surface area contributed by atoms with Crippen LogP contribution in [0.25, 0.3) is 0 Å². The molecule has 25 heavy (non-hydrogen) atoms. The molecule has 0 aliphatic heterocycles. The number of aliphatic carboxylic acids is 1. The van der Waals surface area contributed by atoms with Crippen LogP contribution in [0.3, 0.4) is 0 Å². The lowest BCUT2D eigenvalue weighted by atomic mass is 9.54. The summed E-state index contributed by atoms with van der Waals surface area (Å²) in [6, 6.07) is 3.63. The molecular formula is C17H20F3NO4. The van der Waals surface area contributed by atoms with Gasteiger partial charge in [-0.25, -0.2) is 4.79 Å². The van der Waals surface area contributed by atoms with Gasteiger partial charge in [-0.1, -0.05) is 13.8 Å². The molecule has 2 rings (SSSR count). The van der Waals surface area contributed by atoms with E-state index in [2.05, 4.69) is 5.32 Å².